The van der Waals surface area contributed by atoms with Gasteiger partial charge in [-0.1, -0.05) is 24.3 Å². The summed E-state index contributed by atoms with van der Waals surface area (Å²) in [6.45, 7) is 1.92. The third-order valence-electron chi connectivity index (χ3n) is 3.52. The van der Waals surface area contributed by atoms with E-state index >= 15 is 0 Å². The Morgan fingerprint density at radius 2 is 1.95 bits per heavy atom. The van der Waals surface area contributed by atoms with Crippen molar-refractivity contribution in [3.8, 4) is 0 Å². The Hall–Kier alpha value is -2.89. The highest BCUT2D eigenvalue weighted by Gasteiger charge is 2.15. The van der Waals surface area contributed by atoms with Crippen LogP contribution in [0.15, 0.2) is 51.7 Å². The summed E-state index contributed by atoms with van der Waals surface area (Å²) in [6, 6.07) is 11.9. The van der Waals surface area contributed by atoms with E-state index in [2.05, 4.69) is 0 Å². The second-order valence-corrected chi connectivity index (χ2v) is 4.74. The normalized spacial score (nSPS) is 10.9. The zero-order valence-corrected chi connectivity index (χ0v) is 11.3. The molecule has 1 aromatic heterocycles. The Bertz CT molecular complexity index is 892. The summed E-state index contributed by atoms with van der Waals surface area (Å²) in [5, 5.41) is 11.0. The van der Waals surface area contributed by atoms with Gasteiger partial charge in [-0.3, -0.25) is 14.7 Å². The monoisotopic (exact) mass is 284 g/mol. The summed E-state index contributed by atoms with van der Waals surface area (Å²) >= 11 is 0. The van der Waals surface area contributed by atoms with Crippen LogP contribution in [0.5, 0.6) is 0 Å². The fourth-order valence-corrected chi connectivity index (χ4v) is 2.37. The van der Waals surface area contributed by atoms with Crippen molar-refractivity contribution in [3.63, 3.8) is 0 Å². The van der Waals surface area contributed by atoms with Crippen molar-refractivity contribution in [1.29, 1.82) is 0 Å². The maximum absolute atomic E-state index is 11.9. The molecule has 21 heavy (non-hydrogen) atoms. The molecule has 0 saturated carbocycles. The molecule has 3 rings (SSSR count). The molecule has 0 amide bonds. The minimum Gasteiger partial charge on any atom is -0.408 e. The molecular formula is C15H12N2O4. The van der Waals surface area contributed by atoms with Gasteiger partial charge in [-0.2, -0.15) is 0 Å². The van der Waals surface area contributed by atoms with E-state index in [-0.39, 0.29) is 12.2 Å². The highest BCUT2D eigenvalue weighted by atomic mass is 16.6. The molecule has 0 N–H and O–H groups in total. The number of hydrogen-bond donors (Lipinski definition) is 0. The van der Waals surface area contributed by atoms with Gasteiger partial charge < -0.3 is 4.42 Å². The zero-order valence-electron chi connectivity index (χ0n) is 11.3. The predicted molar refractivity (Wildman–Crippen MR) is 77.4 cm³/mol. The Balaban J connectivity index is 2.11. The first-order valence-corrected chi connectivity index (χ1v) is 6.39. The molecule has 2 aromatic carbocycles. The van der Waals surface area contributed by atoms with E-state index < -0.39 is 10.7 Å². The number of nitrogens with zero attached hydrogens (tertiary/aromatic N) is 2. The lowest BCUT2D eigenvalue weighted by Gasteiger charge is -2.06. The molecule has 0 fully saturated rings. The summed E-state index contributed by atoms with van der Waals surface area (Å²) in [5.74, 6) is -0.470. The molecular weight excluding hydrogens is 272 g/mol. The van der Waals surface area contributed by atoms with Crippen LogP contribution >= 0.6 is 0 Å². The van der Waals surface area contributed by atoms with Gasteiger partial charge in [0.25, 0.3) is 5.69 Å². The third-order valence-corrected chi connectivity index (χ3v) is 3.52. The van der Waals surface area contributed by atoms with E-state index in [4.69, 9.17) is 4.42 Å². The van der Waals surface area contributed by atoms with Gasteiger partial charge in [-0.15, -0.1) is 0 Å². The Morgan fingerprint density at radius 1 is 1.19 bits per heavy atom. The molecule has 6 nitrogen and oxygen atoms in total. The van der Waals surface area contributed by atoms with E-state index in [1.165, 1.54) is 10.6 Å². The number of hydrogen-bond acceptors (Lipinski definition) is 4. The van der Waals surface area contributed by atoms with Crippen LogP contribution in [0.1, 0.15) is 11.1 Å². The summed E-state index contributed by atoms with van der Waals surface area (Å²) in [4.78, 5) is 22.5. The van der Waals surface area contributed by atoms with Gasteiger partial charge in [0.05, 0.1) is 17.0 Å². The van der Waals surface area contributed by atoms with E-state index in [1.807, 2.05) is 6.07 Å². The SMILES string of the molecule is Cc1c(Cn2c(=O)oc3ccccc32)cccc1[N+](=O)[O-]. The van der Waals surface area contributed by atoms with E-state index in [1.54, 1.807) is 37.3 Å². The largest absolute Gasteiger partial charge is 0.420 e. The van der Waals surface area contributed by atoms with Crippen LogP contribution in [-0.4, -0.2) is 9.49 Å². The van der Waals surface area contributed by atoms with Gasteiger partial charge in [0, 0.05) is 11.6 Å². The highest BCUT2D eigenvalue weighted by Crippen LogP contribution is 2.22. The van der Waals surface area contributed by atoms with Crippen LogP contribution in [-0.2, 0) is 6.54 Å². The molecule has 0 aliphatic carbocycles. The van der Waals surface area contributed by atoms with Crippen molar-refractivity contribution in [2.75, 3.05) is 0 Å². The average Bonchev–Trinajstić information content (AvgIpc) is 2.77. The van der Waals surface area contributed by atoms with Gasteiger partial charge in [0.2, 0.25) is 0 Å². The summed E-state index contributed by atoms with van der Waals surface area (Å²) in [6.07, 6.45) is 0. The Morgan fingerprint density at radius 3 is 2.71 bits per heavy atom. The van der Waals surface area contributed by atoms with Crippen molar-refractivity contribution in [1.82, 2.24) is 4.57 Å². The summed E-state index contributed by atoms with van der Waals surface area (Å²) in [5.41, 5.74) is 2.50. The smallest absolute Gasteiger partial charge is 0.408 e. The highest BCUT2D eigenvalue weighted by molar-refractivity contribution is 5.72. The second-order valence-electron chi connectivity index (χ2n) is 4.74. The van der Waals surface area contributed by atoms with Crippen LogP contribution in [0.3, 0.4) is 0 Å². The predicted octanol–water partition coefficient (Wildman–Crippen LogP) is 2.86. The Labute approximate surface area is 119 Å². The number of benzene rings is 2. The number of nitro groups is 1. The van der Waals surface area contributed by atoms with Crippen molar-refractivity contribution in [2.24, 2.45) is 0 Å². The van der Waals surface area contributed by atoms with E-state index in [0.717, 1.165) is 5.56 Å². The third kappa shape index (κ3) is 2.20. The molecule has 0 saturated heterocycles. The molecule has 0 aliphatic rings. The van der Waals surface area contributed by atoms with Crippen LogP contribution in [0.25, 0.3) is 11.1 Å². The lowest BCUT2D eigenvalue weighted by molar-refractivity contribution is -0.385. The molecule has 0 atom stereocenters. The minimum absolute atomic E-state index is 0.0494. The molecule has 6 heteroatoms. The number of fused-ring (bicyclic) bond motifs is 1. The topological polar surface area (TPSA) is 78.3 Å². The summed E-state index contributed by atoms with van der Waals surface area (Å²) in [7, 11) is 0. The van der Waals surface area contributed by atoms with Gasteiger partial charge >= 0.3 is 5.76 Å². The van der Waals surface area contributed by atoms with Gasteiger partial charge in [0.1, 0.15) is 0 Å². The first-order valence-electron chi connectivity index (χ1n) is 6.39. The molecule has 1 heterocycles. The van der Waals surface area contributed by atoms with Crippen LogP contribution in [0.2, 0.25) is 0 Å². The minimum atomic E-state index is -0.470. The maximum atomic E-state index is 11.9. The molecule has 0 unspecified atom stereocenters. The molecule has 0 bridgehead atoms. The van der Waals surface area contributed by atoms with Gasteiger partial charge in [-0.25, -0.2) is 4.79 Å². The molecule has 0 aliphatic heterocycles. The molecule has 0 spiro atoms. The first kappa shape index (κ1) is 13.1. The van der Waals surface area contributed by atoms with Crippen LogP contribution < -0.4 is 5.76 Å². The quantitative estimate of drug-likeness (QED) is 0.547. The van der Waals surface area contributed by atoms with Crippen LogP contribution in [0.4, 0.5) is 5.69 Å². The fourth-order valence-electron chi connectivity index (χ4n) is 2.37. The van der Waals surface area contributed by atoms with E-state index in [9.17, 15) is 14.9 Å². The molecule has 0 radical (unpaired) electrons. The number of nitro benzene ring substituents is 1. The van der Waals surface area contributed by atoms with Crippen molar-refractivity contribution < 1.29 is 9.34 Å². The zero-order chi connectivity index (χ0) is 15.0. The maximum Gasteiger partial charge on any atom is 0.420 e. The van der Waals surface area contributed by atoms with E-state index in [0.29, 0.717) is 16.7 Å². The molecule has 106 valence electrons. The van der Waals surface area contributed by atoms with Crippen molar-refractivity contribution in [3.05, 3.63) is 74.3 Å². The fraction of sp³-hybridized carbons (Fsp3) is 0.133. The number of aromatic nitrogens is 1. The molecule has 3 aromatic rings. The standard InChI is InChI=1S/C15H12N2O4/c1-10-11(5-4-7-12(10)17(19)20)9-16-13-6-2-3-8-14(13)21-15(16)18/h2-8H,9H2,1H3. The van der Waals surface area contributed by atoms with Gasteiger partial charge in [0.15, 0.2) is 5.58 Å². The van der Waals surface area contributed by atoms with Crippen molar-refractivity contribution in [2.45, 2.75) is 13.5 Å². The number of oxazole rings is 1. The van der Waals surface area contributed by atoms with Crippen molar-refractivity contribution >= 4 is 16.8 Å². The number of rotatable bonds is 3. The Kier molecular flexibility index (Phi) is 3.06. The van der Waals surface area contributed by atoms with Crippen LogP contribution in [0, 0.1) is 17.0 Å². The second kappa shape index (κ2) is 4.90. The first-order chi connectivity index (χ1) is 10.1. The lowest BCUT2D eigenvalue weighted by Crippen LogP contribution is -2.15. The average molecular weight is 284 g/mol. The number of para-hydroxylation sites is 2. The summed E-state index contributed by atoms with van der Waals surface area (Å²) < 4.78 is 6.64. The lowest BCUT2D eigenvalue weighted by atomic mass is 10.1. The van der Waals surface area contributed by atoms with Gasteiger partial charge in [-0.05, 0) is 24.6 Å².